The Labute approximate surface area is 232 Å². The summed E-state index contributed by atoms with van der Waals surface area (Å²) in [7, 11) is 0. The first-order valence-electron chi connectivity index (χ1n) is 14.5. The minimum atomic E-state index is -6.44. The van der Waals surface area contributed by atoms with E-state index in [1.54, 1.807) is 0 Å². The number of halogens is 8. The second kappa shape index (κ2) is 21.1. The number of carbonyl (C=O) groups excluding carboxylic acids is 2. The van der Waals surface area contributed by atoms with Crippen LogP contribution in [0.15, 0.2) is 0 Å². The zero-order valence-corrected chi connectivity index (χ0v) is 23.6. The Balaban J connectivity index is 3.71. The molecule has 0 radical (unpaired) electrons. The van der Waals surface area contributed by atoms with Crippen LogP contribution in [0, 0.1) is 0 Å². The fourth-order valence-electron chi connectivity index (χ4n) is 4.00. The van der Waals surface area contributed by atoms with Crippen molar-refractivity contribution >= 4 is 11.9 Å². The summed E-state index contributed by atoms with van der Waals surface area (Å²) < 4.78 is 111. The van der Waals surface area contributed by atoms with Gasteiger partial charge >= 0.3 is 36.1 Å². The lowest BCUT2D eigenvalue weighted by Crippen LogP contribution is -2.59. The summed E-state index contributed by atoms with van der Waals surface area (Å²) in [6.07, 6.45) is 13.1. The van der Waals surface area contributed by atoms with Crippen molar-refractivity contribution in [1.29, 1.82) is 0 Å². The predicted molar refractivity (Wildman–Crippen MR) is 136 cm³/mol. The fourth-order valence-corrected chi connectivity index (χ4v) is 4.00. The molecule has 238 valence electrons. The van der Waals surface area contributed by atoms with Gasteiger partial charge in [0.1, 0.15) is 0 Å². The molecule has 0 heterocycles. The Bertz CT molecular complexity index is 675. The topological polar surface area (TPSA) is 52.6 Å². The maximum absolute atomic E-state index is 13.3. The number of alkyl halides is 8. The van der Waals surface area contributed by atoms with Crippen LogP contribution in [-0.4, -0.2) is 49.3 Å². The summed E-state index contributed by atoms with van der Waals surface area (Å²) in [5.41, 5.74) is 0. The predicted octanol–water partition coefficient (Wildman–Crippen LogP) is 9.68. The van der Waals surface area contributed by atoms with Crippen LogP contribution >= 0.6 is 0 Å². The van der Waals surface area contributed by atoms with Crippen molar-refractivity contribution in [1.82, 2.24) is 0 Å². The summed E-state index contributed by atoms with van der Waals surface area (Å²) in [4.78, 5) is 23.1. The number of ether oxygens (including phenoxy) is 2. The van der Waals surface area contributed by atoms with Gasteiger partial charge in [-0.05, 0) is 12.8 Å². The fraction of sp³-hybridized carbons (Fsp3) is 0.929. The normalized spacial score (nSPS) is 12.7. The Hall–Kier alpha value is -1.62. The van der Waals surface area contributed by atoms with E-state index in [1.807, 2.05) is 0 Å². The highest BCUT2D eigenvalue weighted by molar-refractivity contribution is 5.72. The molecule has 0 aromatic carbocycles. The number of esters is 2. The van der Waals surface area contributed by atoms with Crippen molar-refractivity contribution in [3.05, 3.63) is 0 Å². The maximum Gasteiger partial charge on any atom is 0.381 e. The first-order chi connectivity index (χ1) is 18.8. The molecule has 12 heteroatoms. The number of hydrogen-bond acceptors (Lipinski definition) is 4. The Kier molecular flexibility index (Phi) is 20.3. The van der Waals surface area contributed by atoms with Crippen LogP contribution in [0.4, 0.5) is 35.1 Å². The highest BCUT2D eigenvalue weighted by Crippen LogP contribution is 2.48. The lowest BCUT2D eigenvalue weighted by molar-refractivity contribution is -0.344. The minimum absolute atomic E-state index is 0.182. The molecule has 0 spiro atoms. The molecule has 0 rings (SSSR count). The van der Waals surface area contributed by atoms with Gasteiger partial charge in [-0.3, -0.25) is 9.59 Å². The van der Waals surface area contributed by atoms with Gasteiger partial charge in [-0.1, -0.05) is 103 Å². The van der Waals surface area contributed by atoms with Gasteiger partial charge < -0.3 is 9.47 Å². The molecular weight excluding hydrogens is 552 g/mol. The third kappa shape index (κ3) is 16.0. The van der Waals surface area contributed by atoms with Crippen LogP contribution in [0.3, 0.4) is 0 Å². The largest absolute Gasteiger partial charge is 0.466 e. The highest BCUT2D eigenvalue weighted by Gasteiger charge is 2.75. The van der Waals surface area contributed by atoms with Crippen LogP contribution in [0.1, 0.15) is 129 Å². The van der Waals surface area contributed by atoms with E-state index in [4.69, 9.17) is 4.74 Å². The van der Waals surface area contributed by atoms with Crippen molar-refractivity contribution in [2.45, 2.75) is 153 Å². The summed E-state index contributed by atoms with van der Waals surface area (Å²) in [5.74, 6) is -20.6. The minimum Gasteiger partial charge on any atom is -0.466 e. The average Bonchev–Trinajstić information content (AvgIpc) is 2.89. The second-order valence-corrected chi connectivity index (χ2v) is 10.2. The van der Waals surface area contributed by atoms with Crippen LogP contribution < -0.4 is 0 Å². The summed E-state index contributed by atoms with van der Waals surface area (Å²) in [5, 5.41) is 0. The summed E-state index contributed by atoms with van der Waals surface area (Å²) >= 11 is 0. The van der Waals surface area contributed by atoms with Gasteiger partial charge in [0, 0.05) is 12.8 Å². The van der Waals surface area contributed by atoms with Crippen molar-refractivity contribution in [2.75, 3.05) is 13.2 Å². The quantitative estimate of drug-likeness (QED) is 0.0565. The van der Waals surface area contributed by atoms with Gasteiger partial charge in [0.05, 0.1) is 6.61 Å². The molecule has 0 unspecified atom stereocenters. The molecule has 0 aliphatic carbocycles. The molecule has 0 atom stereocenters. The van der Waals surface area contributed by atoms with E-state index in [1.165, 1.54) is 77.0 Å². The first-order valence-corrected chi connectivity index (χ1v) is 14.5. The molecular formula is C28H46F8O4. The zero-order chi connectivity index (χ0) is 30.5. The van der Waals surface area contributed by atoms with Gasteiger partial charge in [-0.2, -0.15) is 26.3 Å². The van der Waals surface area contributed by atoms with Gasteiger partial charge in [0.15, 0.2) is 6.61 Å². The third-order valence-corrected chi connectivity index (χ3v) is 6.59. The standard InChI is InChI=1S/C28H46F8O4/c1-2-3-4-5-6-7-8-9-10-11-12-13-14-15-16-17-21-39-23(37)19-18-20-24(38)40-22-26(31,32)28(35,36)27(33,34)25(29)30/h25H,2-22H2,1H3. The lowest BCUT2D eigenvalue weighted by Gasteiger charge is -2.31. The number of unbranched alkanes of at least 4 members (excludes halogenated alkanes) is 15. The molecule has 0 fully saturated rings. The lowest BCUT2D eigenvalue weighted by atomic mass is 10.0. The molecule has 0 saturated heterocycles. The van der Waals surface area contributed by atoms with Crippen LogP contribution in [0.2, 0.25) is 0 Å². The monoisotopic (exact) mass is 598 g/mol. The van der Waals surface area contributed by atoms with Crippen LogP contribution in [0.25, 0.3) is 0 Å². The van der Waals surface area contributed by atoms with Gasteiger partial charge in [-0.15, -0.1) is 0 Å². The van der Waals surface area contributed by atoms with Crippen LogP contribution in [-0.2, 0) is 19.1 Å². The van der Waals surface area contributed by atoms with Crippen molar-refractivity contribution in [3.8, 4) is 0 Å². The zero-order valence-electron chi connectivity index (χ0n) is 23.6. The molecule has 0 N–H and O–H groups in total. The van der Waals surface area contributed by atoms with Crippen molar-refractivity contribution in [2.24, 2.45) is 0 Å². The van der Waals surface area contributed by atoms with Gasteiger partial charge in [0.25, 0.3) is 0 Å². The molecule has 0 aromatic rings. The molecule has 40 heavy (non-hydrogen) atoms. The maximum atomic E-state index is 13.3. The number of carbonyl (C=O) groups is 2. The summed E-state index contributed by atoms with van der Waals surface area (Å²) in [6, 6.07) is 0. The molecule has 0 saturated carbocycles. The number of rotatable bonds is 26. The SMILES string of the molecule is CCCCCCCCCCCCCCCCCCOC(=O)CCCC(=O)OCC(F)(F)C(F)(F)C(F)(F)C(F)F. The molecule has 0 aliphatic heterocycles. The highest BCUT2D eigenvalue weighted by atomic mass is 19.4. The molecule has 0 bridgehead atoms. The smallest absolute Gasteiger partial charge is 0.381 e. The third-order valence-electron chi connectivity index (χ3n) is 6.59. The van der Waals surface area contributed by atoms with Gasteiger partial charge in [-0.25, -0.2) is 8.78 Å². The van der Waals surface area contributed by atoms with E-state index in [2.05, 4.69) is 11.7 Å². The second-order valence-electron chi connectivity index (χ2n) is 10.2. The van der Waals surface area contributed by atoms with Crippen molar-refractivity contribution < 1.29 is 54.2 Å². The van der Waals surface area contributed by atoms with E-state index >= 15 is 0 Å². The van der Waals surface area contributed by atoms with E-state index in [0.717, 1.165) is 19.3 Å². The average molecular weight is 599 g/mol. The molecule has 0 aromatic heterocycles. The Morgan fingerprint density at radius 2 is 0.950 bits per heavy atom. The number of hydrogen-bond donors (Lipinski definition) is 0. The van der Waals surface area contributed by atoms with E-state index in [-0.39, 0.29) is 19.4 Å². The first kappa shape index (κ1) is 38.4. The molecule has 0 amide bonds. The van der Waals surface area contributed by atoms with E-state index in [0.29, 0.717) is 6.42 Å². The van der Waals surface area contributed by atoms with E-state index < -0.39 is 49.2 Å². The van der Waals surface area contributed by atoms with Crippen LogP contribution in [0.5, 0.6) is 0 Å². The Morgan fingerprint density at radius 1 is 0.575 bits per heavy atom. The van der Waals surface area contributed by atoms with E-state index in [9.17, 15) is 44.7 Å². The Morgan fingerprint density at radius 3 is 1.35 bits per heavy atom. The van der Waals surface area contributed by atoms with Crippen molar-refractivity contribution in [3.63, 3.8) is 0 Å². The summed E-state index contributed by atoms with van der Waals surface area (Å²) in [6.45, 7) is -0.104. The molecule has 4 nitrogen and oxygen atoms in total. The van der Waals surface area contributed by atoms with Gasteiger partial charge in [0.2, 0.25) is 0 Å². The molecule has 0 aliphatic rings.